The van der Waals surface area contributed by atoms with Crippen molar-refractivity contribution in [2.75, 3.05) is 19.0 Å². The Morgan fingerprint density at radius 1 is 1.00 bits per heavy atom. The fourth-order valence-corrected chi connectivity index (χ4v) is 2.03. The fraction of sp³-hybridized carbons (Fsp3) is 0.105. The van der Waals surface area contributed by atoms with Gasteiger partial charge >= 0.3 is 0 Å². The maximum absolute atomic E-state index is 6.23. The van der Waals surface area contributed by atoms with Crippen LogP contribution in [0.4, 0.5) is 11.4 Å². The molecule has 0 radical (unpaired) electrons. The number of allylic oxidation sites excluding steroid dienone is 3. The van der Waals surface area contributed by atoms with E-state index in [2.05, 4.69) is 24.3 Å². The van der Waals surface area contributed by atoms with Gasteiger partial charge in [-0.15, -0.1) is 0 Å². The van der Waals surface area contributed by atoms with Crippen LogP contribution in [0.3, 0.4) is 0 Å². The van der Waals surface area contributed by atoms with Gasteiger partial charge in [-0.3, -0.25) is 0 Å². The van der Waals surface area contributed by atoms with Crippen LogP contribution in [0.1, 0.15) is 0 Å². The molecule has 3 heteroatoms. The molecule has 0 spiro atoms. The van der Waals surface area contributed by atoms with Gasteiger partial charge in [0.05, 0.1) is 0 Å². The zero-order valence-corrected chi connectivity index (χ0v) is 13.6. The summed E-state index contributed by atoms with van der Waals surface area (Å²) in [6, 6.07) is 20.3. The van der Waals surface area contributed by atoms with E-state index in [-0.39, 0.29) is 0 Å². The Morgan fingerprint density at radius 3 is 2.23 bits per heavy atom. The maximum Gasteiger partial charge on any atom is 0.204 e. The minimum absolute atomic E-state index is 0.672. The van der Waals surface area contributed by atoms with Gasteiger partial charge in [-0.1, -0.05) is 48.0 Å². The standard InChI is InChI=1S/C19H20ClN2/c1-21(18-9-5-3-6-10-18)15-13-17(20)14-16-22(2)19-11-7-4-8-12-19/h3-16H,1-2H3/q+1. The zero-order chi connectivity index (χ0) is 15.8. The van der Waals surface area contributed by atoms with Crippen molar-refractivity contribution < 1.29 is 4.58 Å². The number of hydrogen-bond donors (Lipinski definition) is 0. The molecule has 2 aromatic rings. The lowest BCUT2D eigenvalue weighted by atomic mass is 10.3. The molecule has 2 nitrogen and oxygen atoms in total. The van der Waals surface area contributed by atoms with Gasteiger partial charge in [-0.25, -0.2) is 4.58 Å². The molecule has 0 bridgehead atoms. The molecular formula is C19H20ClN2+. The number of benzene rings is 2. The first-order valence-corrected chi connectivity index (χ1v) is 7.49. The molecule has 0 aromatic heterocycles. The van der Waals surface area contributed by atoms with Gasteiger partial charge in [0.15, 0.2) is 6.21 Å². The summed E-state index contributed by atoms with van der Waals surface area (Å²) in [5.41, 5.74) is 2.24. The van der Waals surface area contributed by atoms with Crippen molar-refractivity contribution in [3.05, 3.63) is 84.0 Å². The van der Waals surface area contributed by atoms with Crippen molar-refractivity contribution in [2.45, 2.75) is 0 Å². The predicted octanol–water partition coefficient (Wildman–Crippen LogP) is 4.80. The smallest absolute Gasteiger partial charge is 0.204 e. The lowest BCUT2D eigenvalue weighted by Crippen LogP contribution is -2.07. The monoisotopic (exact) mass is 311 g/mol. The van der Waals surface area contributed by atoms with Gasteiger partial charge in [0, 0.05) is 42.2 Å². The molecule has 0 saturated heterocycles. The molecule has 0 unspecified atom stereocenters. The van der Waals surface area contributed by atoms with Crippen LogP contribution in [0.25, 0.3) is 0 Å². The van der Waals surface area contributed by atoms with Crippen molar-refractivity contribution in [3.8, 4) is 0 Å². The van der Waals surface area contributed by atoms with Crippen LogP contribution in [-0.2, 0) is 0 Å². The minimum Gasteiger partial charge on any atom is -0.351 e. The van der Waals surface area contributed by atoms with Gasteiger partial charge in [-0.2, -0.15) is 0 Å². The largest absolute Gasteiger partial charge is 0.351 e. The summed E-state index contributed by atoms with van der Waals surface area (Å²) in [5, 5.41) is 0.672. The van der Waals surface area contributed by atoms with E-state index in [1.165, 1.54) is 0 Å². The van der Waals surface area contributed by atoms with Crippen LogP contribution in [0.15, 0.2) is 84.0 Å². The summed E-state index contributed by atoms with van der Waals surface area (Å²) >= 11 is 6.23. The molecule has 2 rings (SSSR count). The summed E-state index contributed by atoms with van der Waals surface area (Å²) in [6.45, 7) is 0. The quantitative estimate of drug-likeness (QED) is 0.436. The lowest BCUT2D eigenvalue weighted by molar-refractivity contribution is -0.398. The Hall–Kier alpha value is -2.32. The third-order valence-corrected chi connectivity index (χ3v) is 3.49. The Balaban J connectivity index is 2.02. The highest BCUT2D eigenvalue weighted by Crippen LogP contribution is 2.13. The first-order chi connectivity index (χ1) is 10.7. The van der Waals surface area contributed by atoms with Crippen LogP contribution in [-0.4, -0.2) is 24.9 Å². The Kier molecular flexibility index (Phi) is 5.99. The Morgan fingerprint density at radius 2 is 1.59 bits per heavy atom. The molecule has 0 aliphatic heterocycles. The third kappa shape index (κ3) is 4.90. The normalized spacial score (nSPS) is 12.7. The first kappa shape index (κ1) is 16.1. The number of anilines is 1. The summed E-state index contributed by atoms with van der Waals surface area (Å²) in [7, 11) is 3.99. The van der Waals surface area contributed by atoms with E-state index in [1.807, 2.05) is 84.5 Å². The highest BCUT2D eigenvalue weighted by molar-refractivity contribution is 6.32. The second kappa shape index (κ2) is 8.20. The number of halogens is 1. The molecule has 0 heterocycles. The first-order valence-electron chi connectivity index (χ1n) is 7.11. The van der Waals surface area contributed by atoms with Crippen molar-refractivity contribution >= 4 is 29.2 Å². The van der Waals surface area contributed by atoms with E-state index in [0.717, 1.165) is 11.4 Å². The highest BCUT2D eigenvalue weighted by Gasteiger charge is 1.99. The number of nitrogens with zero attached hydrogens (tertiary/aromatic N) is 2. The highest BCUT2D eigenvalue weighted by atomic mass is 35.5. The van der Waals surface area contributed by atoms with Crippen molar-refractivity contribution in [3.63, 3.8) is 0 Å². The molecule has 0 fully saturated rings. The van der Waals surface area contributed by atoms with E-state index in [9.17, 15) is 0 Å². The zero-order valence-electron chi connectivity index (χ0n) is 12.9. The van der Waals surface area contributed by atoms with E-state index in [4.69, 9.17) is 11.6 Å². The van der Waals surface area contributed by atoms with E-state index in [1.54, 1.807) is 0 Å². The van der Waals surface area contributed by atoms with Crippen LogP contribution >= 0.6 is 11.6 Å². The topological polar surface area (TPSA) is 6.25 Å². The molecular weight excluding hydrogens is 292 g/mol. The molecule has 22 heavy (non-hydrogen) atoms. The van der Waals surface area contributed by atoms with E-state index in [0.29, 0.717) is 5.03 Å². The minimum atomic E-state index is 0.672. The summed E-state index contributed by atoms with van der Waals surface area (Å²) < 4.78 is 2.02. The summed E-state index contributed by atoms with van der Waals surface area (Å²) in [6.07, 6.45) is 7.66. The molecule has 0 aliphatic rings. The van der Waals surface area contributed by atoms with Gasteiger partial charge in [0.2, 0.25) is 5.69 Å². The molecule has 0 atom stereocenters. The van der Waals surface area contributed by atoms with Crippen LogP contribution in [0.2, 0.25) is 0 Å². The van der Waals surface area contributed by atoms with Crippen molar-refractivity contribution in [1.29, 1.82) is 0 Å². The fourth-order valence-electron chi connectivity index (χ4n) is 1.92. The molecule has 0 N–H and O–H groups in total. The molecule has 0 amide bonds. The summed E-state index contributed by atoms with van der Waals surface area (Å²) in [5.74, 6) is 0. The van der Waals surface area contributed by atoms with Gasteiger partial charge < -0.3 is 4.90 Å². The average Bonchev–Trinajstić information content (AvgIpc) is 2.59. The predicted molar refractivity (Wildman–Crippen MR) is 96.3 cm³/mol. The summed E-state index contributed by atoms with van der Waals surface area (Å²) in [4.78, 5) is 2.02. The number of para-hydroxylation sites is 2. The van der Waals surface area contributed by atoms with Gasteiger partial charge in [0.1, 0.15) is 7.05 Å². The third-order valence-electron chi connectivity index (χ3n) is 3.24. The second-order valence-corrected chi connectivity index (χ2v) is 5.35. The van der Waals surface area contributed by atoms with Crippen molar-refractivity contribution in [1.82, 2.24) is 0 Å². The Labute approximate surface area is 137 Å². The SMILES string of the molecule is CN(/C=C/C(Cl)=C/C=[N+](C)c1ccccc1)c1ccccc1. The number of hydrogen-bond acceptors (Lipinski definition) is 1. The van der Waals surface area contributed by atoms with Gasteiger partial charge in [-0.05, 0) is 18.2 Å². The second-order valence-electron chi connectivity index (χ2n) is 4.91. The Bertz CT molecular complexity index is 673. The van der Waals surface area contributed by atoms with E-state index < -0.39 is 0 Å². The van der Waals surface area contributed by atoms with Crippen molar-refractivity contribution in [2.24, 2.45) is 0 Å². The molecule has 0 aliphatic carbocycles. The van der Waals surface area contributed by atoms with Crippen LogP contribution < -0.4 is 4.90 Å². The molecule has 0 saturated carbocycles. The van der Waals surface area contributed by atoms with E-state index >= 15 is 0 Å². The number of rotatable bonds is 5. The molecule has 112 valence electrons. The lowest BCUT2D eigenvalue weighted by Gasteiger charge is -2.13. The van der Waals surface area contributed by atoms with Crippen LogP contribution in [0.5, 0.6) is 0 Å². The van der Waals surface area contributed by atoms with Gasteiger partial charge in [0.25, 0.3) is 0 Å². The van der Waals surface area contributed by atoms with Crippen LogP contribution in [0, 0.1) is 0 Å². The average molecular weight is 312 g/mol. The molecule has 2 aromatic carbocycles. The maximum atomic E-state index is 6.23.